The number of piperidine rings is 1. The maximum atomic E-state index is 12.9. The Balaban J connectivity index is 1.51. The highest BCUT2D eigenvalue weighted by atomic mass is 16.1. The summed E-state index contributed by atoms with van der Waals surface area (Å²) in [4.78, 5) is 24.2. The molecule has 0 spiro atoms. The van der Waals surface area contributed by atoms with Gasteiger partial charge in [-0.1, -0.05) is 6.07 Å². The van der Waals surface area contributed by atoms with Crippen molar-refractivity contribution in [3.63, 3.8) is 0 Å². The Morgan fingerprint density at radius 3 is 2.74 bits per heavy atom. The van der Waals surface area contributed by atoms with Crippen molar-refractivity contribution in [3.05, 3.63) is 47.9 Å². The van der Waals surface area contributed by atoms with Gasteiger partial charge in [-0.15, -0.1) is 0 Å². The number of amides is 1. The number of carbonyl (C=O) groups excluding carboxylic acids is 1. The van der Waals surface area contributed by atoms with E-state index in [4.69, 9.17) is 0 Å². The summed E-state index contributed by atoms with van der Waals surface area (Å²) in [6.07, 6.45) is 3.86. The molecule has 0 bridgehead atoms. The molecule has 1 aliphatic rings. The van der Waals surface area contributed by atoms with Gasteiger partial charge in [-0.3, -0.25) is 4.79 Å². The quantitative estimate of drug-likeness (QED) is 0.774. The van der Waals surface area contributed by atoms with Crippen molar-refractivity contribution >= 4 is 28.4 Å². The van der Waals surface area contributed by atoms with Gasteiger partial charge >= 0.3 is 0 Å². The van der Waals surface area contributed by atoms with E-state index in [-0.39, 0.29) is 11.8 Å². The van der Waals surface area contributed by atoms with Crippen LogP contribution in [0.3, 0.4) is 0 Å². The number of aromatic nitrogens is 3. The molecule has 0 radical (unpaired) electrons. The monoisotopic (exact) mass is 363 g/mol. The van der Waals surface area contributed by atoms with Gasteiger partial charge in [0.1, 0.15) is 0 Å². The van der Waals surface area contributed by atoms with Crippen molar-refractivity contribution in [2.24, 2.45) is 13.0 Å². The molecule has 3 heterocycles. The topological polar surface area (TPSA) is 63.1 Å². The number of anilines is 2. The zero-order chi connectivity index (χ0) is 19.0. The van der Waals surface area contributed by atoms with Gasteiger partial charge in [0.25, 0.3) is 0 Å². The lowest BCUT2D eigenvalue weighted by Gasteiger charge is -2.32. The highest BCUT2D eigenvalue weighted by Crippen LogP contribution is 2.26. The van der Waals surface area contributed by atoms with E-state index in [9.17, 15) is 4.79 Å². The Kier molecular flexibility index (Phi) is 4.56. The molecule has 6 nitrogen and oxygen atoms in total. The smallest absolute Gasteiger partial charge is 0.229 e. The second-order valence-electron chi connectivity index (χ2n) is 7.39. The molecule has 4 rings (SSSR count). The maximum absolute atomic E-state index is 12.9. The lowest BCUT2D eigenvalue weighted by molar-refractivity contribution is -0.120. The highest BCUT2D eigenvalue weighted by molar-refractivity contribution is 6.02. The van der Waals surface area contributed by atoms with Crippen LogP contribution in [-0.2, 0) is 11.8 Å². The van der Waals surface area contributed by atoms with E-state index in [1.165, 1.54) is 0 Å². The summed E-state index contributed by atoms with van der Waals surface area (Å²) in [6.45, 7) is 5.50. The third kappa shape index (κ3) is 3.52. The van der Waals surface area contributed by atoms with Gasteiger partial charge < -0.3 is 14.8 Å². The number of rotatable bonds is 3. The van der Waals surface area contributed by atoms with Crippen molar-refractivity contribution in [2.45, 2.75) is 26.7 Å². The van der Waals surface area contributed by atoms with Crippen molar-refractivity contribution in [1.29, 1.82) is 0 Å². The molecule has 1 fully saturated rings. The molecule has 1 N–H and O–H groups in total. The number of nitrogens with one attached hydrogen (secondary N) is 1. The Morgan fingerprint density at radius 1 is 1.19 bits per heavy atom. The second-order valence-corrected chi connectivity index (χ2v) is 7.39. The van der Waals surface area contributed by atoms with Crippen LogP contribution in [0.15, 0.2) is 36.5 Å². The Hall–Kier alpha value is -2.89. The van der Waals surface area contributed by atoms with Crippen LogP contribution in [0.5, 0.6) is 0 Å². The van der Waals surface area contributed by atoms with Gasteiger partial charge in [-0.05, 0) is 51.0 Å². The summed E-state index contributed by atoms with van der Waals surface area (Å²) < 4.78 is 2.06. The molecule has 1 aromatic carbocycles. The minimum atomic E-state index is -0.0675. The van der Waals surface area contributed by atoms with Crippen LogP contribution < -0.4 is 10.2 Å². The average Bonchev–Trinajstić information content (AvgIpc) is 3.03. The van der Waals surface area contributed by atoms with E-state index in [2.05, 4.69) is 30.8 Å². The van der Waals surface area contributed by atoms with Crippen LogP contribution in [0, 0.1) is 19.8 Å². The molecule has 27 heavy (non-hydrogen) atoms. The lowest BCUT2D eigenvalue weighted by Crippen LogP contribution is -2.41. The molecule has 1 saturated heterocycles. The standard InChI is InChI=1S/C21H25N5O/c1-14-12-15(2)23-21(22-14)26-10-5-6-16(13-26)20(27)24-18-7-4-8-19-17(18)9-11-25(19)3/h4,7-9,11-12,16H,5-6,10,13H2,1-3H3,(H,24,27)/t16-/m1/s1. The van der Waals surface area contributed by atoms with Crippen LogP contribution >= 0.6 is 0 Å². The molecule has 0 aliphatic carbocycles. The number of nitrogens with zero attached hydrogens (tertiary/aromatic N) is 4. The molecule has 2 aromatic heterocycles. The number of hydrogen-bond donors (Lipinski definition) is 1. The molecule has 1 amide bonds. The summed E-state index contributed by atoms with van der Waals surface area (Å²) in [5.41, 5.74) is 3.90. The maximum Gasteiger partial charge on any atom is 0.229 e. The van der Waals surface area contributed by atoms with Crippen molar-refractivity contribution in [2.75, 3.05) is 23.3 Å². The first kappa shape index (κ1) is 17.5. The summed E-state index contributed by atoms with van der Waals surface area (Å²) in [5, 5.41) is 4.21. The number of aryl methyl sites for hydroxylation is 3. The Morgan fingerprint density at radius 2 is 1.96 bits per heavy atom. The lowest BCUT2D eigenvalue weighted by atomic mass is 9.97. The van der Waals surface area contributed by atoms with Crippen LogP contribution in [0.4, 0.5) is 11.6 Å². The number of carbonyl (C=O) groups is 1. The van der Waals surface area contributed by atoms with Crippen LogP contribution in [0.25, 0.3) is 10.9 Å². The molecule has 1 aliphatic heterocycles. The van der Waals surface area contributed by atoms with E-state index in [0.717, 1.165) is 53.3 Å². The zero-order valence-corrected chi connectivity index (χ0v) is 16.1. The number of fused-ring (bicyclic) bond motifs is 1. The first-order valence-corrected chi connectivity index (χ1v) is 9.43. The minimum absolute atomic E-state index is 0.0675. The molecule has 3 aromatic rings. The molecule has 0 unspecified atom stereocenters. The fourth-order valence-electron chi connectivity index (χ4n) is 3.87. The fourth-order valence-corrected chi connectivity index (χ4v) is 3.87. The first-order valence-electron chi connectivity index (χ1n) is 9.43. The molecule has 1 atom stereocenters. The number of benzene rings is 1. The SMILES string of the molecule is Cc1cc(C)nc(N2CCC[C@@H](C(=O)Nc3cccc4c3ccn4C)C2)n1. The number of hydrogen-bond acceptors (Lipinski definition) is 4. The Bertz CT molecular complexity index is 973. The van der Waals surface area contributed by atoms with Crippen molar-refractivity contribution in [1.82, 2.24) is 14.5 Å². The third-order valence-corrected chi connectivity index (χ3v) is 5.23. The highest BCUT2D eigenvalue weighted by Gasteiger charge is 2.27. The van der Waals surface area contributed by atoms with Crippen LogP contribution in [0.2, 0.25) is 0 Å². The summed E-state index contributed by atoms with van der Waals surface area (Å²) in [6, 6.07) is 10.0. The fraction of sp³-hybridized carbons (Fsp3) is 0.381. The van der Waals surface area contributed by atoms with E-state index in [1.54, 1.807) is 0 Å². The molecular weight excluding hydrogens is 338 g/mol. The largest absolute Gasteiger partial charge is 0.350 e. The molecule has 0 saturated carbocycles. The van der Waals surface area contributed by atoms with Gasteiger partial charge in [0.15, 0.2) is 0 Å². The minimum Gasteiger partial charge on any atom is -0.350 e. The van der Waals surface area contributed by atoms with Gasteiger partial charge in [0.05, 0.1) is 11.6 Å². The Labute approximate surface area is 159 Å². The first-order chi connectivity index (χ1) is 13.0. The molecular formula is C21H25N5O. The van der Waals surface area contributed by atoms with Gasteiger partial charge in [0.2, 0.25) is 11.9 Å². The second kappa shape index (κ2) is 7.02. The predicted molar refractivity (Wildman–Crippen MR) is 108 cm³/mol. The summed E-state index contributed by atoms with van der Waals surface area (Å²) in [5.74, 6) is 0.734. The van der Waals surface area contributed by atoms with E-state index in [0.29, 0.717) is 6.54 Å². The van der Waals surface area contributed by atoms with E-state index < -0.39 is 0 Å². The van der Waals surface area contributed by atoms with Crippen LogP contribution in [-0.4, -0.2) is 33.5 Å². The molecule has 140 valence electrons. The summed E-state index contributed by atoms with van der Waals surface area (Å²) >= 11 is 0. The van der Waals surface area contributed by atoms with Gasteiger partial charge in [-0.25, -0.2) is 9.97 Å². The molecule has 6 heteroatoms. The summed E-state index contributed by atoms with van der Waals surface area (Å²) in [7, 11) is 2.01. The van der Waals surface area contributed by atoms with Gasteiger partial charge in [-0.2, -0.15) is 0 Å². The normalized spacial score (nSPS) is 17.3. The van der Waals surface area contributed by atoms with E-state index >= 15 is 0 Å². The third-order valence-electron chi connectivity index (χ3n) is 5.23. The van der Waals surface area contributed by atoms with E-state index in [1.807, 2.05) is 51.4 Å². The van der Waals surface area contributed by atoms with Crippen molar-refractivity contribution in [3.8, 4) is 0 Å². The zero-order valence-electron chi connectivity index (χ0n) is 16.1. The predicted octanol–water partition coefficient (Wildman–Crippen LogP) is 3.44. The van der Waals surface area contributed by atoms with Crippen molar-refractivity contribution < 1.29 is 4.79 Å². The van der Waals surface area contributed by atoms with Gasteiger partial charge in [0, 0.05) is 48.6 Å². The van der Waals surface area contributed by atoms with Crippen LogP contribution in [0.1, 0.15) is 24.2 Å². The average molecular weight is 363 g/mol.